The van der Waals surface area contributed by atoms with E-state index in [4.69, 9.17) is 8.94 Å². The average molecular weight is 316 g/mol. The van der Waals surface area contributed by atoms with Crippen molar-refractivity contribution in [2.75, 3.05) is 13.1 Å². The molecule has 7 nitrogen and oxygen atoms in total. The SMILES string of the molecule is Cc1ncoc1C(=O)N1CCC(CCc2noc(C3CC3)n2)C1. The summed E-state index contributed by atoms with van der Waals surface area (Å²) in [6, 6.07) is 0. The fraction of sp³-hybridized carbons (Fsp3) is 0.625. The Morgan fingerprint density at radius 3 is 3.00 bits per heavy atom. The van der Waals surface area contributed by atoms with Gasteiger partial charge in [-0.3, -0.25) is 4.79 Å². The van der Waals surface area contributed by atoms with Crippen LogP contribution < -0.4 is 0 Å². The van der Waals surface area contributed by atoms with Gasteiger partial charge in [-0.05, 0) is 38.5 Å². The van der Waals surface area contributed by atoms with Gasteiger partial charge in [0.15, 0.2) is 12.2 Å². The number of nitrogens with zero attached hydrogens (tertiary/aromatic N) is 4. The lowest BCUT2D eigenvalue weighted by atomic mass is 10.0. The zero-order valence-corrected chi connectivity index (χ0v) is 13.2. The van der Waals surface area contributed by atoms with Crippen molar-refractivity contribution in [2.24, 2.45) is 5.92 Å². The van der Waals surface area contributed by atoms with Crippen molar-refractivity contribution in [3.8, 4) is 0 Å². The summed E-state index contributed by atoms with van der Waals surface area (Å²) >= 11 is 0. The molecule has 1 aliphatic carbocycles. The van der Waals surface area contributed by atoms with Crippen LogP contribution in [0.15, 0.2) is 15.3 Å². The van der Waals surface area contributed by atoms with Gasteiger partial charge in [0.05, 0.1) is 5.69 Å². The summed E-state index contributed by atoms with van der Waals surface area (Å²) in [6.45, 7) is 3.31. The highest BCUT2D eigenvalue weighted by Crippen LogP contribution is 2.38. The molecule has 1 amide bonds. The summed E-state index contributed by atoms with van der Waals surface area (Å²) in [5.41, 5.74) is 0.651. The molecule has 0 bridgehead atoms. The van der Waals surface area contributed by atoms with E-state index in [1.54, 1.807) is 6.92 Å². The molecule has 23 heavy (non-hydrogen) atoms. The van der Waals surface area contributed by atoms with E-state index in [-0.39, 0.29) is 5.91 Å². The van der Waals surface area contributed by atoms with Crippen LogP contribution in [0.5, 0.6) is 0 Å². The molecular formula is C16H20N4O3. The van der Waals surface area contributed by atoms with Crippen LogP contribution in [0.2, 0.25) is 0 Å². The second kappa shape index (κ2) is 5.79. The van der Waals surface area contributed by atoms with Gasteiger partial charge in [0.2, 0.25) is 11.7 Å². The Morgan fingerprint density at radius 1 is 1.39 bits per heavy atom. The van der Waals surface area contributed by atoms with Crippen LogP contribution in [0, 0.1) is 12.8 Å². The second-order valence-corrected chi connectivity index (χ2v) is 6.53. The lowest BCUT2D eigenvalue weighted by Crippen LogP contribution is -2.29. The topological polar surface area (TPSA) is 85.3 Å². The maximum atomic E-state index is 12.4. The number of likely N-dealkylation sites (tertiary alicyclic amines) is 1. The predicted molar refractivity (Wildman–Crippen MR) is 79.8 cm³/mol. The lowest BCUT2D eigenvalue weighted by molar-refractivity contribution is 0.0754. The Kier molecular flexibility index (Phi) is 3.63. The zero-order valence-electron chi connectivity index (χ0n) is 13.2. The number of hydrogen-bond acceptors (Lipinski definition) is 6. The van der Waals surface area contributed by atoms with Gasteiger partial charge in [-0.1, -0.05) is 5.16 Å². The number of rotatable bonds is 5. The molecule has 0 spiro atoms. The summed E-state index contributed by atoms with van der Waals surface area (Å²) in [7, 11) is 0. The standard InChI is InChI=1S/C16H20N4O3/c1-10-14(22-9-17-10)16(21)20-7-6-11(8-20)2-5-13-18-15(23-19-13)12-3-4-12/h9,11-12H,2-8H2,1H3. The van der Waals surface area contributed by atoms with Crippen LogP contribution in [-0.4, -0.2) is 39.0 Å². The minimum atomic E-state index is -0.0573. The van der Waals surface area contributed by atoms with E-state index in [1.165, 1.54) is 19.2 Å². The van der Waals surface area contributed by atoms with E-state index in [9.17, 15) is 4.79 Å². The van der Waals surface area contributed by atoms with Crippen molar-refractivity contribution in [2.45, 2.75) is 44.9 Å². The highest BCUT2D eigenvalue weighted by atomic mass is 16.5. The molecular weight excluding hydrogens is 296 g/mol. The molecule has 1 unspecified atom stereocenters. The number of aromatic nitrogens is 3. The number of amides is 1. The highest BCUT2D eigenvalue weighted by molar-refractivity contribution is 5.92. The van der Waals surface area contributed by atoms with Crippen molar-refractivity contribution < 1.29 is 13.7 Å². The smallest absolute Gasteiger partial charge is 0.291 e. The first kappa shape index (κ1) is 14.4. The van der Waals surface area contributed by atoms with Gasteiger partial charge in [0.1, 0.15) is 0 Å². The van der Waals surface area contributed by atoms with Crippen molar-refractivity contribution >= 4 is 5.91 Å². The molecule has 122 valence electrons. The Balaban J connectivity index is 1.30. The summed E-state index contributed by atoms with van der Waals surface area (Å²) in [5, 5.41) is 4.05. The van der Waals surface area contributed by atoms with Crippen molar-refractivity contribution in [1.82, 2.24) is 20.0 Å². The molecule has 1 atom stereocenters. The molecule has 2 aromatic rings. The summed E-state index contributed by atoms with van der Waals surface area (Å²) in [5.74, 6) is 2.87. The largest absolute Gasteiger partial charge is 0.438 e. The van der Waals surface area contributed by atoms with Gasteiger partial charge in [-0.15, -0.1) is 0 Å². The van der Waals surface area contributed by atoms with Crippen LogP contribution in [0.1, 0.15) is 59.6 Å². The first-order valence-electron chi connectivity index (χ1n) is 8.22. The zero-order chi connectivity index (χ0) is 15.8. The van der Waals surface area contributed by atoms with Crippen molar-refractivity contribution in [3.63, 3.8) is 0 Å². The molecule has 0 aromatic carbocycles. The fourth-order valence-electron chi connectivity index (χ4n) is 3.10. The molecule has 3 heterocycles. The molecule has 2 fully saturated rings. The Hall–Kier alpha value is -2.18. The molecule has 1 aliphatic heterocycles. The molecule has 1 saturated carbocycles. The predicted octanol–water partition coefficient (Wildman–Crippen LogP) is 2.34. The fourth-order valence-corrected chi connectivity index (χ4v) is 3.10. The molecule has 2 aromatic heterocycles. The van der Waals surface area contributed by atoms with Gasteiger partial charge in [0, 0.05) is 25.4 Å². The van der Waals surface area contributed by atoms with Crippen molar-refractivity contribution in [1.29, 1.82) is 0 Å². The van der Waals surface area contributed by atoms with Crippen LogP contribution in [-0.2, 0) is 6.42 Å². The average Bonchev–Trinajstić information content (AvgIpc) is 2.97. The molecule has 0 N–H and O–H groups in total. The highest BCUT2D eigenvalue weighted by Gasteiger charge is 2.31. The van der Waals surface area contributed by atoms with Gasteiger partial charge in [-0.2, -0.15) is 4.98 Å². The Labute approximate surface area is 134 Å². The number of oxazole rings is 1. The van der Waals surface area contributed by atoms with E-state index in [0.717, 1.165) is 44.1 Å². The third kappa shape index (κ3) is 3.00. The number of carbonyl (C=O) groups is 1. The first-order chi connectivity index (χ1) is 11.2. The van der Waals surface area contributed by atoms with Gasteiger partial charge in [-0.25, -0.2) is 4.98 Å². The molecule has 4 rings (SSSR count). The minimum absolute atomic E-state index is 0.0573. The van der Waals surface area contributed by atoms with E-state index in [1.807, 2.05) is 4.90 Å². The molecule has 0 radical (unpaired) electrons. The van der Waals surface area contributed by atoms with Crippen LogP contribution in [0.3, 0.4) is 0 Å². The molecule has 2 aliphatic rings. The van der Waals surface area contributed by atoms with Crippen LogP contribution >= 0.6 is 0 Å². The second-order valence-electron chi connectivity index (χ2n) is 6.53. The number of hydrogen-bond donors (Lipinski definition) is 0. The summed E-state index contributed by atoms with van der Waals surface area (Å²) in [4.78, 5) is 22.7. The minimum Gasteiger partial charge on any atom is -0.438 e. The third-order valence-corrected chi connectivity index (χ3v) is 4.70. The monoisotopic (exact) mass is 316 g/mol. The van der Waals surface area contributed by atoms with Gasteiger partial charge >= 0.3 is 0 Å². The van der Waals surface area contributed by atoms with Crippen LogP contribution in [0.4, 0.5) is 0 Å². The Bertz CT molecular complexity index is 704. The Morgan fingerprint density at radius 2 is 2.26 bits per heavy atom. The number of aryl methyl sites for hydroxylation is 2. The quantitative estimate of drug-likeness (QED) is 0.841. The van der Waals surface area contributed by atoms with E-state index in [2.05, 4.69) is 15.1 Å². The molecule has 1 saturated heterocycles. The van der Waals surface area contributed by atoms with Crippen molar-refractivity contribution in [3.05, 3.63) is 29.6 Å². The maximum absolute atomic E-state index is 12.4. The maximum Gasteiger partial charge on any atom is 0.291 e. The summed E-state index contributed by atoms with van der Waals surface area (Å²) < 4.78 is 10.5. The van der Waals surface area contributed by atoms with E-state index >= 15 is 0 Å². The van der Waals surface area contributed by atoms with Gasteiger partial charge < -0.3 is 13.8 Å². The summed E-state index contributed by atoms with van der Waals surface area (Å²) in [6.07, 6.45) is 6.45. The van der Waals surface area contributed by atoms with Gasteiger partial charge in [0.25, 0.3) is 5.91 Å². The van der Waals surface area contributed by atoms with E-state index in [0.29, 0.717) is 23.3 Å². The normalized spacial score (nSPS) is 21.1. The lowest BCUT2D eigenvalue weighted by Gasteiger charge is -2.14. The van der Waals surface area contributed by atoms with E-state index < -0.39 is 0 Å². The van der Waals surface area contributed by atoms with Crippen LogP contribution in [0.25, 0.3) is 0 Å². The first-order valence-corrected chi connectivity index (χ1v) is 8.22. The molecule has 7 heteroatoms. The third-order valence-electron chi connectivity index (χ3n) is 4.70. The number of carbonyl (C=O) groups excluding carboxylic acids is 1.